The van der Waals surface area contributed by atoms with Crippen LogP contribution < -0.4 is 4.72 Å². The van der Waals surface area contributed by atoms with Gasteiger partial charge in [-0.2, -0.15) is 0 Å². The van der Waals surface area contributed by atoms with Gasteiger partial charge >= 0.3 is 0 Å². The standard InChI is InChI=1S/C12H19NO4S/c1-12(17-3,10-16-2)9-13-18(14,15)11-7-5-4-6-8-11/h4-8,13H,9-10H2,1-3H3/t12-/m0/s1. The number of ether oxygens (including phenoxy) is 2. The first-order valence-corrected chi connectivity index (χ1v) is 7.01. The number of benzene rings is 1. The number of hydrogen-bond acceptors (Lipinski definition) is 4. The van der Waals surface area contributed by atoms with Gasteiger partial charge in [-0.15, -0.1) is 0 Å². The Balaban J connectivity index is 2.73. The average molecular weight is 273 g/mol. The Bertz CT molecular complexity index is 460. The molecule has 0 bridgehead atoms. The Labute approximate surface area is 108 Å². The fourth-order valence-electron chi connectivity index (χ4n) is 1.42. The van der Waals surface area contributed by atoms with Gasteiger partial charge < -0.3 is 9.47 Å². The molecule has 0 aliphatic heterocycles. The molecule has 0 heterocycles. The summed E-state index contributed by atoms with van der Waals surface area (Å²) >= 11 is 0. The first-order chi connectivity index (χ1) is 8.43. The van der Waals surface area contributed by atoms with Crippen molar-refractivity contribution in [1.29, 1.82) is 0 Å². The number of hydrogen-bond donors (Lipinski definition) is 1. The molecule has 1 rings (SSSR count). The number of nitrogens with one attached hydrogen (secondary N) is 1. The maximum Gasteiger partial charge on any atom is 0.240 e. The second-order valence-corrected chi connectivity index (χ2v) is 5.99. The summed E-state index contributed by atoms with van der Waals surface area (Å²) < 4.78 is 36.8. The third-order valence-electron chi connectivity index (χ3n) is 2.63. The highest BCUT2D eigenvalue weighted by Gasteiger charge is 2.26. The molecule has 1 aromatic rings. The van der Waals surface area contributed by atoms with Crippen LogP contribution in [-0.4, -0.2) is 41.4 Å². The molecule has 1 aromatic carbocycles. The Morgan fingerprint density at radius 1 is 1.22 bits per heavy atom. The molecule has 0 amide bonds. The van der Waals surface area contributed by atoms with Gasteiger partial charge in [-0.3, -0.25) is 0 Å². The van der Waals surface area contributed by atoms with E-state index in [1.807, 2.05) is 0 Å². The average Bonchev–Trinajstić information content (AvgIpc) is 2.38. The Hall–Kier alpha value is -0.950. The van der Waals surface area contributed by atoms with Gasteiger partial charge in [0.25, 0.3) is 0 Å². The van der Waals surface area contributed by atoms with Crippen LogP contribution >= 0.6 is 0 Å². The molecule has 0 aromatic heterocycles. The van der Waals surface area contributed by atoms with Gasteiger partial charge in [0.2, 0.25) is 10.0 Å². The van der Waals surface area contributed by atoms with Crippen LogP contribution in [0, 0.1) is 0 Å². The smallest absolute Gasteiger partial charge is 0.240 e. The van der Waals surface area contributed by atoms with E-state index in [1.165, 1.54) is 7.11 Å². The highest BCUT2D eigenvalue weighted by molar-refractivity contribution is 7.89. The maximum atomic E-state index is 12.0. The molecular formula is C12H19NO4S. The lowest BCUT2D eigenvalue weighted by Gasteiger charge is -2.27. The van der Waals surface area contributed by atoms with E-state index in [4.69, 9.17) is 9.47 Å². The number of methoxy groups -OCH3 is 2. The summed E-state index contributed by atoms with van der Waals surface area (Å²) in [6.45, 7) is 2.24. The minimum atomic E-state index is -3.51. The van der Waals surface area contributed by atoms with Gasteiger partial charge in [0, 0.05) is 20.8 Å². The highest BCUT2D eigenvalue weighted by atomic mass is 32.2. The predicted molar refractivity (Wildman–Crippen MR) is 68.9 cm³/mol. The van der Waals surface area contributed by atoms with E-state index in [0.29, 0.717) is 6.61 Å². The lowest BCUT2D eigenvalue weighted by molar-refractivity contribution is -0.0460. The van der Waals surface area contributed by atoms with E-state index >= 15 is 0 Å². The van der Waals surface area contributed by atoms with Gasteiger partial charge in [0.1, 0.15) is 5.60 Å². The van der Waals surface area contributed by atoms with Crippen LogP contribution in [-0.2, 0) is 19.5 Å². The number of sulfonamides is 1. The molecular weight excluding hydrogens is 254 g/mol. The van der Waals surface area contributed by atoms with E-state index in [0.717, 1.165) is 0 Å². The largest absolute Gasteiger partial charge is 0.382 e. The fourth-order valence-corrected chi connectivity index (χ4v) is 2.60. The van der Waals surface area contributed by atoms with Gasteiger partial charge in [-0.05, 0) is 19.1 Å². The molecule has 1 atom stereocenters. The van der Waals surface area contributed by atoms with Crippen LogP contribution in [0.15, 0.2) is 35.2 Å². The molecule has 1 N–H and O–H groups in total. The van der Waals surface area contributed by atoms with Crippen molar-refractivity contribution in [2.24, 2.45) is 0 Å². The molecule has 6 heteroatoms. The van der Waals surface area contributed by atoms with Crippen LogP contribution in [0.25, 0.3) is 0 Å². The molecule has 102 valence electrons. The van der Waals surface area contributed by atoms with E-state index < -0.39 is 15.6 Å². The summed E-state index contributed by atoms with van der Waals surface area (Å²) in [5, 5.41) is 0. The fraction of sp³-hybridized carbons (Fsp3) is 0.500. The Kier molecular flexibility index (Phi) is 5.28. The van der Waals surface area contributed by atoms with E-state index in [1.54, 1.807) is 44.4 Å². The van der Waals surface area contributed by atoms with Gasteiger partial charge in [0.15, 0.2) is 0 Å². The summed E-state index contributed by atoms with van der Waals surface area (Å²) in [7, 11) is -0.439. The summed E-state index contributed by atoms with van der Waals surface area (Å²) in [5.41, 5.74) is -0.684. The SMILES string of the molecule is COC[C@](C)(CNS(=O)(=O)c1ccccc1)OC. The summed E-state index contributed by atoms with van der Waals surface area (Å²) in [5.74, 6) is 0. The maximum absolute atomic E-state index is 12.0. The topological polar surface area (TPSA) is 64.6 Å². The van der Waals surface area contributed by atoms with E-state index in [9.17, 15) is 8.42 Å². The van der Waals surface area contributed by atoms with Crippen LogP contribution in [0.3, 0.4) is 0 Å². The second kappa shape index (κ2) is 6.29. The van der Waals surface area contributed by atoms with Gasteiger partial charge in [-0.1, -0.05) is 18.2 Å². The second-order valence-electron chi connectivity index (χ2n) is 4.22. The van der Waals surface area contributed by atoms with Crippen molar-refractivity contribution in [3.05, 3.63) is 30.3 Å². The van der Waals surface area contributed by atoms with Crippen molar-refractivity contribution in [2.45, 2.75) is 17.4 Å². The summed E-state index contributed by atoms with van der Waals surface area (Å²) in [6, 6.07) is 8.22. The van der Waals surface area contributed by atoms with Crippen molar-refractivity contribution in [3.8, 4) is 0 Å². The monoisotopic (exact) mass is 273 g/mol. The molecule has 18 heavy (non-hydrogen) atoms. The van der Waals surface area contributed by atoms with Gasteiger partial charge in [0.05, 0.1) is 11.5 Å². The van der Waals surface area contributed by atoms with Crippen molar-refractivity contribution in [2.75, 3.05) is 27.4 Å². The quantitative estimate of drug-likeness (QED) is 0.805. The van der Waals surface area contributed by atoms with Crippen LogP contribution in [0.2, 0.25) is 0 Å². The van der Waals surface area contributed by atoms with Crippen LogP contribution in [0.1, 0.15) is 6.92 Å². The minimum Gasteiger partial charge on any atom is -0.382 e. The van der Waals surface area contributed by atoms with E-state index in [2.05, 4.69) is 4.72 Å². The molecule has 0 aliphatic carbocycles. The summed E-state index contributed by atoms with van der Waals surface area (Å²) in [6.07, 6.45) is 0. The molecule has 0 unspecified atom stereocenters. The Morgan fingerprint density at radius 3 is 2.33 bits per heavy atom. The predicted octanol–water partition coefficient (Wildman–Crippen LogP) is 1.02. The van der Waals surface area contributed by atoms with Crippen molar-refractivity contribution in [3.63, 3.8) is 0 Å². The lowest BCUT2D eigenvalue weighted by atomic mass is 10.1. The van der Waals surface area contributed by atoms with E-state index in [-0.39, 0.29) is 11.4 Å². The third-order valence-corrected chi connectivity index (χ3v) is 4.05. The van der Waals surface area contributed by atoms with Crippen molar-refractivity contribution in [1.82, 2.24) is 4.72 Å². The normalized spacial score (nSPS) is 15.3. The first-order valence-electron chi connectivity index (χ1n) is 5.52. The molecule has 0 fully saturated rings. The molecule has 0 saturated heterocycles. The molecule has 0 radical (unpaired) electrons. The van der Waals surface area contributed by atoms with Gasteiger partial charge in [-0.25, -0.2) is 13.1 Å². The van der Waals surface area contributed by atoms with Crippen LogP contribution in [0.4, 0.5) is 0 Å². The summed E-state index contributed by atoms with van der Waals surface area (Å²) in [4.78, 5) is 0.237. The molecule has 0 saturated carbocycles. The lowest BCUT2D eigenvalue weighted by Crippen LogP contribution is -2.45. The highest BCUT2D eigenvalue weighted by Crippen LogP contribution is 2.11. The number of rotatable bonds is 7. The van der Waals surface area contributed by atoms with Crippen LogP contribution in [0.5, 0.6) is 0 Å². The zero-order valence-electron chi connectivity index (χ0n) is 10.8. The zero-order valence-corrected chi connectivity index (χ0v) is 11.7. The zero-order chi connectivity index (χ0) is 13.6. The minimum absolute atomic E-state index is 0.147. The molecule has 5 nitrogen and oxygen atoms in total. The first kappa shape index (κ1) is 15.1. The third kappa shape index (κ3) is 4.06. The molecule has 0 aliphatic rings. The van der Waals surface area contributed by atoms with Crippen molar-refractivity contribution < 1.29 is 17.9 Å². The van der Waals surface area contributed by atoms with Crippen molar-refractivity contribution >= 4 is 10.0 Å². The Morgan fingerprint density at radius 2 is 1.83 bits per heavy atom. The molecule has 0 spiro atoms.